The Bertz CT molecular complexity index is 1380. The van der Waals surface area contributed by atoms with Crippen molar-refractivity contribution in [2.24, 2.45) is 12.5 Å². The standard InChI is InChI=1S/C21H20ClN7O5/c1-8-7-29-14-10(6-21(16(29)9(2)33-8)18(30)25-20(32)26-19(21)31)24-12-13(17-23-4-5-28(17)3)27-34-15(12)11(14)22/h4-5,8-9,16H,6-7H2,1-3H3,(H2,25,26,30,31,32)/t8-,9+,16-/m0/s1. The second-order valence-electron chi connectivity index (χ2n) is 8.93. The molecular weight excluding hydrogens is 466 g/mol. The van der Waals surface area contributed by atoms with E-state index in [2.05, 4.69) is 20.8 Å². The van der Waals surface area contributed by atoms with Gasteiger partial charge in [0.1, 0.15) is 10.5 Å². The fraction of sp³-hybridized carbons (Fsp3) is 0.429. The predicted molar refractivity (Wildman–Crippen MR) is 118 cm³/mol. The van der Waals surface area contributed by atoms with Gasteiger partial charge in [0.25, 0.3) is 0 Å². The highest BCUT2D eigenvalue weighted by molar-refractivity contribution is 6.38. The van der Waals surface area contributed by atoms with Crippen LogP contribution in [0.25, 0.3) is 22.6 Å². The molecule has 2 saturated heterocycles. The highest BCUT2D eigenvalue weighted by Crippen LogP contribution is 2.50. The molecule has 3 aromatic rings. The molecule has 34 heavy (non-hydrogen) atoms. The third-order valence-corrected chi connectivity index (χ3v) is 7.16. The van der Waals surface area contributed by atoms with Crippen LogP contribution in [0.3, 0.4) is 0 Å². The van der Waals surface area contributed by atoms with Gasteiger partial charge < -0.3 is 18.7 Å². The number of carbonyl (C=O) groups is 3. The quantitative estimate of drug-likeness (QED) is 0.485. The van der Waals surface area contributed by atoms with Gasteiger partial charge in [-0.1, -0.05) is 16.8 Å². The number of nitrogens with zero attached hydrogens (tertiary/aromatic N) is 5. The fourth-order valence-corrected chi connectivity index (χ4v) is 5.84. The van der Waals surface area contributed by atoms with Crippen LogP contribution in [0.15, 0.2) is 16.9 Å². The van der Waals surface area contributed by atoms with Crippen LogP contribution >= 0.6 is 11.6 Å². The van der Waals surface area contributed by atoms with Gasteiger partial charge in [-0.25, -0.2) is 14.8 Å². The lowest BCUT2D eigenvalue weighted by Crippen LogP contribution is -2.75. The summed E-state index contributed by atoms with van der Waals surface area (Å²) in [6.45, 7) is 4.04. The number of barbiturate groups is 1. The minimum atomic E-state index is -1.65. The van der Waals surface area contributed by atoms with Crippen LogP contribution in [-0.2, 0) is 27.8 Å². The van der Waals surface area contributed by atoms with Crippen LogP contribution in [0.2, 0.25) is 5.02 Å². The molecule has 1 spiro atoms. The number of aromatic nitrogens is 4. The molecule has 13 heteroatoms. The van der Waals surface area contributed by atoms with Gasteiger partial charge in [-0.2, -0.15) is 0 Å². The van der Waals surface area contributed by atoms with E-state index in [1.165, 1.54) is 0 Å². The van der Waals surface area contributed by atoms with E-state index in [1.807, 2.05) is 18.9 Å². The summed E-state index contributed by atoms with van der Waals surface area (Å²) in [6, 6.07) is -1.58. The van der Waals surface area contributed by atoms with Crippen molar-refractivity contribution in [2.75, 3.05) is 11.4 Å². The van der Waals surface area contributed by atoms with Crippen molar-refractivity contribution in [3.63, 3.8) is 0 Å². The van der Waals surface area contributed by atoms with Gasteiger partial charge in [-0.3, -0.25) is 20.2 Å². The van der Waals surface area contributed by atoms with E-state index in [-0.39, 0.29) is 23.1 Å². The minimum absolute atomic E-state index is 0.0859. The molecule has 3 aliphatic heterocycles. The Labute approximate surface area is 197 Å². The number of rotatable bonds is 1. The summed E-state index contributed by atoms with van der Waals surface area (Å²) < 4.78 is 13.4. The molecule has 2 fully saturated rings. The van der Waals surface area contributed by atoms with Crippen LogP contribution in [-0.4, -0.2) is 62.3 Å². The molecule has 0 saturated carbocycles. The molecule has 176 valence electrons. The van der Waals surface area contributed by atoms with Crippen molar-refractivity contribution in [1.29, 1.82) is 0 Å². The van der Waals surface area contributed by atoms with E-state index in [0.717, 1.165) is 0 Å². The molecule has 6 rings (SSSR count). The third-order valence-electron chi connectivity index (χ3n) is 6.81. The second-order valence-corrected chi connectivity index (χ2v) is 9.30. The zero-order valence-electron chi connectivity index (χ0n) is 18.5. The number of carbonyl (C=O) groups excluding carboxylic acids is 3. The van der Waals surface area contributed by atoms with Crippen molar-refractivity contribution in [2.45, 2.75) is 38.5 Å². The number of amides is 4. The monoisotopic (exact) mass is 485 g/mol. The van der Waals surface area contributed by atoms with Gasteiger partial charge in [-0.15, -0.1) is 0 Å². The van der Waals surface area contributed by atoms with E-state index < -0.39 is 35.4 Å². The number of imidazole rings is 1. The number of fused-ring (bicyclic) bond motifs is 5. The van der Waals surface area contributed by atoms with E-state index in [9.17, 15) is 14.4 Å². The van der Waals surface area contributed by atoms with Crippen LogP contribution < -0.4 is 15.5 Å². The summed E-state index contributed by atoms with van der Waals surface area (Å²) in [5, 5.41) is 8.95. The number of hydrogen-bond donors (Lipinski definition) is 2. The Balaban J connectivity index is 1.61. The molecule has 0 aliphatic carbocycles. The lowest BCUT2D eigenvalue weighted by atomic mass is 9.67. The average Bonchev–Trinajstić information content (AvgIpc) is 3.37. The first kappa shape index (κ1) is 21.1. The Morgan fingerprint density at radius 3 is 2.62 bits per heavy atom. The summed E-state index contributed by atoms with van der Waals surface area (Å²) in [5.74, 6) is -0.864. The average molecular weight is 486 g/mol. The number of hydrogen-bond acceptors (Lipinski definition) is 9. The summed E-state index contributed by atoms with van der Waals surface area (Å²) in [5.41, 5.74) is 0.381. The summed E-state index contributed by atoms with van der Waals surface area (Å²) >= 11 is 6.87. The van der Waals surface area contributed by atoms with Crippen molar-refractivity contribution < 1.29 is 23.6 Å². The van der Waals surface area contributed by atoms with Crippen LogP contribution in [0.4, 0.5) is 10.5 Å². The largest absolute Gasteiger partial charge is 0.372 e. The number of aryl methyl sites for hydroxylation is 1. The third kappa shape index (κ3) is 2.63. The first-order valence-corrected chi connectivity index (χ1v) is 11.1. The Morgan fingerprint density at radius 2 is 1.94 bits per heavy atom. The van der Waals surface area contributed by atoms with Gasteiger partial charge >= 0.3 is 6.03 Å². The maximum absolute atomic E-state index is 13.3. The molecule has 3 aliphatic rings. The first-order valence-electron chi connectivity index (χ1n) is 10.8. The summed E-state index contributed by atoms with van der Waals surface area (Å²) in [4.78, 5) is 49.5. The summed E-state index contributed by atoms with van der Waals surface area (Å²) in [7, 11) is 1.81. The summed E-state index contributed by atoms with van der Waals surface area (Å²) in [6.07, 6.45) is 2.57. The Kier molecular flexibility index (Phi) is 4.33. The van der Waals surface area contributed by atoms with Crippen molar-refractivity contribution in [3.8, 4) is 11.5 Å². The molecule has 2 N–H and O–H groups in total. The molecule has 0 bridgehead atoms. The van der Waals surface area contributed by atoms with E-state index in [1.54, 1.807) is 23.9 Å². The van der Waals surface area contributed by atoms with Gasteiger partial charge in [0.05, 0.1) is 29.6 Å². The highest BCUT2D eigenvalue weighted by Gasteiger charge is 2.63. The normalized spacial score (nSPS) is 25.8. The van der Waals surface area contributed by atoms with Crippen LogP contribution in [0.5, 0.6) is 0 Å². The van der Waals surface area contributed by atoms with Crippen LogP contribution in [0.1, 0.15) is 19.5 Å². The van der Waals surface area contributed by atoms with Crippen molar-refractivity contribution in [3.05, 3.63) is 23.1 Å². The number of morpholine rings is 1. The minimum Gasteiger partial charge on any atom is -0.372 e. The van der Waals surface area contributed by atoms with Crippen molar-refractivity contribution in [1.82, 2.24) is 30.3 Å². The lowest BCUT2D eigenvalue weighted by molar-refractivity contribution is -0.153. The molecule has 12 nitrogen and oxygen atoms in total. The number of halogens is 1. The van der Waals surface area contributed by atoms with Gasteiger partial charge in [-0.05, 0) is 13.8 Å². The molecule has 0 unspecified atom stereocenters. The molecule has 3 aromatic heterocycles. The van der Waals surface area contributed by atoms with E-state index in [0.29, 0.717) is 35.0 Å². The predicted octanol–water partition coefficient (Wildman–Crippen LogP) is 1.17. The van der Waals surface area contributed by atoms with E-state index >= 15 is 0 Å². The molecule has 6 heterocycles. The number of anilines is 1. The SMILES string of the molecule is C[C@H]1CN2c3c(nc4c(-c5nccn5C)noc4c3Cl)CC3(C(=O)NC(=O)NC3=O)[C@@H]2[C@@H](C)O1. The number of nitrogens with one attached hydrogen (secondary N) is 2. The zero-order valence-corrected chi connectivity index (χ0v) is 19.2. The fourth-order valence-electron chi connectivity index (χ4n) is 5.50. The molecule has 0 radical (unpaired) electrons. The molecular formula is C21H20ClN7O5. The highest BCUT2D eigenvalue weighted by atomic mass is 35.5. The topological polar surface area (TPSA) is 144 Å². The first-order chi connectivity index (χ1) is 16.2. The Hall–Kier alpha value is -3.51. The van der Waals surface area contributed by atoms with E-state index in [4.69, 9.17) is 25.8 Å². The van der Waals surface area contributed by atoms with Gasteiger partial charge in [0, 0.05) is 32.4 Å². The van der Waals surface area contributed by atoms with Crippen molar-refractivity contribution >= 4 is 46.2 Å². The number of pyridine rings is 1. The smallest absolute Gasteiger partial charge is 0.328 e. The molecule has 4 amide bonds. The Morgan fingerprint density at radius 1 is 1.21 bits per heavy atom. The molecule has 0 aromatic carbocycles. The molecule has 3 atom stereocenters. The number of ether oxygens (including phenoxy) is 1. The number of imide groups is 2. The second kappa shape index (κ2) is 7.00. The maximum atomic E-state index is 13.3. The van der Waals surface area contributed by atoms with Crippen LogP contribution in [0, 0.1) is 5.41 Å². The lowest BCUT2D eigenvalue weighted by Gasteiger charge is -2.55. The zero-order chi connectivity index (χ0) is 23.9. The maximum Gasteiger partial charge on any atom is 0.328 e. The van der Waals surface area contributed by atoms with Gasteiger partial charge in [0.15, 0.2) is 16.9 Å². The van der Waals surface area contributed by atoms with Gasteiger partial charge in [0.2, 0.25) is 17.4 Å². The number of urea groups is 1.